The number of hydrogen-bond acceptors (Lipinski definition) is 2. The van der Waals surface area contributed by atoms with Gasteiger partial charge in [-0.15, -0.1) is 0 Å². The van der Waals surface area contributed by atoms with Gasteiger partial charge in [0.25, 0.3) is 5.91 Å². The van der Waals surface area contributed by atoms with E-state index in [0.717, 1.165) is 25.7 Å². The Morgan fingerprint density at radius 1 is 1.25 bits per heavy atom. The standard InChI is InChI=1S/C18H19FN2O3/c19-12-5-3-6-13-11(12)9-14(20-13)17(22)21-15-7-2-1-4-10(15)8-16(21)18(23)24/h3,5-6,9-10,15-16,20H,1-2,4,7-8H2,(H,23,24). The van der Waals surface area contributed by atoms with Crippen molar-refractivity contribution in [3.8, 4) is 0 Å². The summed E-state index contributed by atoms with van der Waals surface area (Å²) in [6.45, 7) is 0. The Kier molecular flexibility index (Phi) is 3.55. The Labute approximate surface area is 138 Å². The Balaban J connectivity index is 1.72. The Morgan fingerprint density at radius 2 is 2.04 bits per heavy atom. The largest absolute Gasteiger partial charge is 0.480 e. The maximum Gasteiger partial charge on any atom is 0.326 e. The average molecular weight is 330 g/mol. The van der Waals surface area contributed by atoms with Gasteiger partial charge in [0.1, 0.15) is 17.6 Å². The highest BCUT2D eigenvalue weighted by Crippen LogP contribution is 2.40. The third kappa shape index (κ3) is 2.28. The van der Waals surface area contributed by atoms with Crippen molar-refractivity contribution < 1.29 is 19.1 Å². The van der Waals surface area contributed by atoms with Gasteiger partial charge < -0.3 is 15.0 Å². The van der Waals surface area contributed by atoms with E-state index in [9.17, 15) is 19.1 Å². The van der Waals surface area contributed by atoms with E-state index in [-0.39, 0.29) is 23.6 Å². The Bertz CT molecular complexity index is 816. The maximum absolute atomic E-state index is 13.9. The molecule has 2 aromatic rings. The molecule has 0 bridgehead atoms. The number of carbonyl (C=O) groups excluding carboxylic acids is 1. The van der Waals surface area contributed by atoms with E-state index in [2.05, 4.69) is 4.98 Å². The molecule has 126 valence electrons. The highest BCUT2D eigenvalue weighted by Gasteiger charge is 2.47. The number of nitrogens with one attached hydrogen (secondary N) is 1. The van der Waals surface area contributed by atoms with Crippen molar-refractivity contribution in [2.75, 3.05) is 0 Å². The number of H-pyrrole nitrogens is 1. The first-order valence-corrected chi connectivity index (χ1v) is 8.39. The van der Waals surface area contributed by atoms with Crippen LogP contribution in [0, 0.1) is 11.7 Å². The highest BCUT2D eigenvalue weighted by atomic mass is 19.1. The van der Waals surface area contributed by atoms with E-state index < -0.39 is 17.8 Å². The molecule has 6 heteroatoms. The smallest absolute Gasteiger partial charge is 0.326 e. The SMILES string of the molecule is O=C(O)C1CC2CCCCC2N1C(=O)c1cc2c(F)cccc2[nH]1. The summed E-state index contributed by atoms with van der Waals surface area (Å²) in [6, 6.07) is 5.30. The second kappa shape index (κ2) is 5.61. The van der Waals surface area contributed by atoms with Crippen molar-refractivity contribution in [1.82, 2.24) is 9.88 Å². The molecule has 1 amide bonds. The lowest BCUT2D eigenvalue weighted by atomic mass is 9.84. The number of aromatic amines is 1. The molecular formula is C18H19FN2O3. The van der Waals surface area contributed by atoms with Crippen LogP contribution >= 0.6 is 0 Å². The summed E-state index contributed by atoms with van der Waals surface area (Å²) in [5.74, 6) is -1.44. The van der Waals surface area contributed by atoms with Crippen LogP contribution in [0.4, 0.5) is 4.39 Å². The van der Waals surface area contributed by atoms with E-state index in [4.69, 9.17) is 0 Å². The fourth-order valence-corrected chi connectivity index (χ4v) is 4.35. The first kappa shape index (κ1) is 15.2. The maximum atomic E-state index is 13.9. The number of fused-ring (bicyclic) bond motifs is 2. The molecule has 1 aliphatic heterocycles. The average Bonchev–Trinajstić information content (AvgIpc) is 3.16. The zero-order chi connectivity index (χ0) is 16.8. The van der Waals surface area contributed by atoms with Crippen LogP contribution in [0.1, 0.15) is 42.6 Å². The summed E-state index contributed by atoms with van der Waals surface area (Å²) < 4.78 is 13.9. The van der Waals surface area contributed by atoms with Crippen molar-refractivity contribution in [3.05, 3.63) is 35.8 Å². The number of carboxylic acids is 1. The van der Waals surface area contributed by atoms with Gasteiger partial charge in [0.2, 0.25) is 0 Å². The number of hydrogen-bond donors (Lipinski definition) is 2. The quantitative estimate of drug-likeness (QED) is 0.888. The van der Waals surface area contributed by atoms with Crippen LogP contribution in [0.5, 0.6) is 0 Å². The predicted molar refractivity (Wildman–Crippen MR) is 86.2 cm³/mol. The van der Waals surface area contributed by atoms with Gasteiger partial charge in [0.15, 0.2) is 0 Å². The minimum atomic E-state index is -0.958. The molecule has 1 aromatic carbocycles. The number of amides is 1. The topological polar surface area (TPSA) is 73.4 Å². The third-order valence-corrected chi connectivity index (χ3v) is 5.45. The normalized spacial score (nSPS) is 26.5. The van der Waals surface area contributed by atoms with Crippen molar-refractivity contribution in [2.24, 2.45) is 5.92 Å². The molecular weight excluding hydrogens is 311 g/mol. The summed E-state index contributed by atoms with van der Waals surface area (Å²) in [6.07, 6.45) is 4.43. The molecule has 24 heavy (non-hydrogen) atoms. The number of carboxylic acid groups (broad SMARTS) is 1. The lowest BCUT2D eigenvalue weighted by Gasteiger charge is -2.32. The second-order valence-electron chi connectivity index (χ2n) is 6.80. The predicted octanol–water partition coefficient (Wildman–Crippen LogP) is 3.16. The molecule has 2 fully saturated rings. The van der Waals surface area contributed by atoms with Gasteiger partial charge in [0.05, 0.1) is 0 Å². The van der Waals surface area contributed by atoms with Crippen molar-refractivity contribution >= 4 is 22.8 Å². The number of carbonyl (C=O) groups is 2. The van der Waals surface area contributed by atoms with Crippen molar-refractivity contribution in [3.63, 3.8) is 0 Å². The molecule has 2 aliphatic rings. The zero-order valence-electron chi connectivity index (χ0n) is 13.2. The highest BCUT2D eigenvalue weighted by molar-refractivity contribution is 6.00. The van der Waals surface area contributed by atoms with Crippen LogP contribution in [0.15, 0.2) is 24.3 Å². The Hall–Kier alpha value is -2.37. The molecule has 1 aromatic heterocycles. The molecule has 1 aliphatic carbocycles. The van der Waals surface area contributed by atoms with Crippen LogP contribution in [-0.2, 0) is 4.79 Å². The molecule has 2 N–H and O–H groups in total. The number of benzene rings is 1. The number of nitrogens with zero attached hydrogens (tertiary/aromatic N) is 1. The molecule has 0 radical (unpaired) electrons. The fourth-order valence-electron chi connectivity index (χ4n) is 4.35. The minimum absolute atomic E-state index is 0.0244. The van der Waals surface area contributed by atoms with Gasteiger partial charge in [-0.3, -0.25) is 4.79 Å². The second-order valence-corrected chi connectivity index (χ2v) is 6.80. The first-order chi connectivity index (χ1) is 11.6. The van der Waals surface area contributed by atoms with E-state index in [0.29, 0.717) is 17.3 Å². The third-order valence-electron chi connectivity index (χ3n) is 5.45. The molecule has 3 atom stereocenters. The van der Waals surface area contributed by atoms with E-state index >= 15 is 0 Å². The summed E-state index contributed by atoms with van der Waals surface area (Å²) in [5.41, 5.74) is 0.803. The van der Waals surface area contributed by atoms with Gasteiger partial charge in [0, 0.05) is 16.9 Å². The number of likely N-dealkylation sites (tertiary alicyclic amines) is 1. The van der Waals surface area contributed by atoms with Crippen LogP contribution in [-0.4, -0.2) is 39.0 Å². The molecule has 4 rings (SSSR count). The van der Waals surface area contributed by atoms with E-state index in [1.54, 1.807) is 12.1 Å². The summed E-state index contributed by atoms with van der Waals surface area (Å²) >= 11 is 0. The van der Waals surface area contributed by atoms with E-state index in [1.807, 2.05) is 0 Å². The van der Waals surface area contributed by atoms with Gasteiger partial charge >= 0.3 is 5.97 Å². The lowest BCUT2D eigenvalue weighted by molar-refractivity contribution is -0.141. The molecule has 2 heterocycles. The molecule has 5 nitrogen and oxygen atoms in total. The molecule has 1 saturated carbocycles. The van der Waals surface area contributed by atoms with Gasteiger partial charge in [-0.05, 0) is 43.4 Å². The first-order valence-electron chi connectivity index (χ1n) is 8.39. The van der Waals surface area contributed by atoms with Gasteiger partial charge in [-0.1, -0.05) is 18.9 Å². The van der Waals surface area contributed by atoms with Crippen molar-refractivity contribution in [1.29, 1.82) is 0 Å². The molecule has 1 saturated heterocycles. The number of aliphatic carboxylic acids is 1. The van der Waals surface area contributed by atoms with Crippen LogP contribution in [0.25, 0.3) is 10.9 Å². The summed E-state index contributed by atoms with van der Waals surface area (Å²) in [5, 5.41) is 9.90. The Morgan fingerprint density at radius 3 is 2.79 bits per heavy atom. The van der Waals surface area contributed by atoms with Gasteiger partial charge in [-0.25, -0.2) is 9.18 Å². The fraction of sp³-hybridized carbons (Fsp3) is 0.444. The van der Waals surface area contributed by atoms with Crippen LogP contribution in [0.3, 0.4) is 0 Å². The van der Waals surface area contributed by atoms with Crippen LogP contribution < -0.4 is 0 Å². The zero-order valence-corrected chi connectivity index (χ0v) is 13.2. The van der Waals surface area contributed by atoms with Crippen molar-refractivity contribution in [2.45, 2.75) is 44.2 Å². The number of aromatic nitrogens is 1. The molecule has 3 unspecified atom stereocenters. The number of halogens is 1. The lowest BCUT2D eigenvalue weighted by Crippen LogP contribution is -2.46. The van der Waals surface area contributed by atoms with Gasteiger partial charge in [-0.2, -0.15) is 0 Å². The summed E-state index contributed by atoms with van der Waals surface area (Å²) in [4.78, 5) is 29.1. The van der Waals surface area contributed by atoms with E-state index in [1.165, 1.54) is 17.0 Å². The molecule has 0 spiro atoms. The minimum Gasteiger partial charge on any atom is -0.480 e. The van der Waals surface area contributed by atoms with Crippen LogP contribution in [0.2, 0.25) is 0 Å². The monoisotopic (exact) mass is 330 g/mol. The summed E-state index contributed by atoms with van der Waals surface area (Å²) in [7, 11) is 0. The number of rotatable bonds is 2.